The molecular formula is C10H12N6O4. The lowest BCUT2D eigenvalue weighted by molar-refractivity contribution is 0.0679. The van der Waals surface area contributed by atoms with E-state index >= 15 is 0 Å². The largest absolute Gasteiger partial charge is 0.476 e. The molecule has 2 aromatic heterocycles. The molecule has 0 aliphatic carbocycles. The van der Waals surface area contributed by atoms with Crippen LogP contribution in [-0.4, -0.2) is 52.1 Å². The van der Waals surface area contributed by atoms with Crippen molar-refractivity contribution in [1.82, 2.24) is 30.0 Å². The Hall–Kier alpha value is -2.78. The molecule has 0 saturated carbocycles. The fraction of sp³-hybridized carbons (Fsp3) is 0.400. The molecule has 0 aliphatic rings. The molecule has 106 valence electrons. The van der Waals surface area contributed by atoms with Gasteiger partial charge in [0.1, 0.15) is 0 Å². The van der Waals surface area contributed by atoms with Crippen molar-refractivity contribution in [3.63, 3.8) is 0 Å². The topological polar surface area (TPSA) is 136 Å². The van der Waals surface area contributed by atoms with Gasteiger partial charge in [-0.05, 0) is 12.8 Å². The standard InChI is InChI=1S/C10H12N6O4/c17-9(18)7-5-15(13-11-7)3-1-2-4-16-6-8(10(19)20)12-14-16/h5-6H,1-4H2,(H,17,18)(H,19,20). The molecule has 2 rings (SSSR count). The highest BCUT2D eigenvalue weighted by Gasteiger charge is 2.09. The van der Waals surface area contributed by atoms with Crippen molar-refractivity contribution >= 4 is 11.9 Å². The second kappa shape index (κ2) is 5.91. The van der Waals surface area contributed by atoms with E-state index in [2.05, 4.69) is 20.6 Å². The molecule has 0 atom stereocenters. The van der Waals surface area contributed by atoms with Crippen LogP contribution in [0.2, 0.25) is 0 Å². The Morgan fingerprint density at radius 3 is 1.60 bits per heavy atom. The molecule has 2 N–H and O–H groups in total. The Kier molecular flexibility index (Phi) is 4.03. The molecule has 0 saturated heterocycles. The summed E-state index contributed by atoms with van der Waals surface area (Å²) in [5.74, 6) is -2.22. The fourth-order valence-corrected chi connectivity index (χ4v) is 1.56. The van der Waals surface area contributed by atoms with Gasteiger partial charge in [0.2, 0.25) is 0 Å². The van der Waals surface area contributed by atoms with Crippen molar-refractivity contribution in [2.75, 3.05) is 0 Å². The first-order valence-electron chi connectivity index (χ1n) is 5.83. The van der Waals surface area contributed by atoms with Crippen molar-refractivity contribution in [1.29, 1.82) is 0 Å². The predicted molar refractivity (Wildman–Crippen MR) is 63.2 cm³/mol. The quantitative estimate of drug-likeness (QED) is 0.662. The van der Waals surface area contributed by atoms with Crippen LogP contribution in [0.15, 0.2) is 12.4 Å². The third-order valence-electron chi connectivity index (χ3n) is 2.54. The normalized spacial score (nSPS) is 10.6. The maximum absolute atomic E-state index is 10.6. The molecular weight excluding hydrogens is 268 g/mol. The van der Waals surface area contributed by atoms with Crippen LogP contribution in [0.25, 0.3) is 0 Å². The Labute approximate surface area is 112 Å². The first-order chi connectivity index (χ1) is 9.56. The van der Waals surface area contributed by atoms with Crippen LogP contribution in [0.5, 0.6) is 0 Å². The second-order valence-corrected chi connectivity index (χ2v) is 4.05. The first kappa shape index (κ1) is 13.6. The molecule has 0 amide bonds. The highest BCUT2D eigenvalue weighted by molar-refractivity contribution is 5.85. The monoisotopic (exact) mass is 280 g/mol. The van der Waals surface area contributed by atoms with E-state index in [4.69, 9.17) is 10.2 Å². The van der Waals surface area contributed by atoms with Crippen LogP contribution >= 0.6 is 0 Å². The summed E-state index contributed by atoms with van der Waals surface area (Å²) in [5, 5.41) is 31.7. The molecule has 2 aromatic rings. The molecule has 10 nitrogen and oxygen atoms in total. The minimum Gasteiger partial charge on any atom is -0.476 e. The zero-order valence-corrected chi connectivity index (χ0v) is 10.4. The Morgan fingerprint density at radius 1 is 0.900 bits per heavy atom. The number of carbonyl (C=O) groups is 2. The van der Waals surface area contributed by atoms with Gasteiger partial charge in [0.25, 0.3) is 0 Å². The molecule has 0 aliphatic heterocycles. The molecule has 0 spiro atoms. The van der Waals surface area contributed by atoms with E-state index < -0.39 is 11.9 Å². The molecule has 20 heavy (non-hydrogen) atoms. The minimum atomic E-state index is -1.11. The van der Waals surface area contributed by atoms with Gasteiger partial charge in [-0.25, -0.2) is 9.59 Å². The Bertz CT molecular complexity index is 565. The Morgan fingerprint density at radius 2 is 1.30 bits per heavy atom. The lowest BCUT2D eigenvalue weighted by Gasteiger charge is -2.00. The number of unbranched alkanes of at least 4 members (excludes halogenated alkanes) is 1. The lowest BCUT2D eigenvalue weighted by atomic mass is 10.3. The van der Waals surface area contributed by atoms with Gasteiger partial charge in [0.15, 0.2) is 11.4 Å². The summed E-state index contributed by atoms with van der Waals surface area (Å²) in [6.07, 6.45) is 4.18. The van der Waals surface area contributed by atoms with Gasteiger partial charge in [0, 0.05) is 13.1 Å². The van der Waals surface area contributed by atoms with Gasteiger partial charge in [0.05, 0.1) is 12.4 Å². The van der Waals surface area contributed by atoms with Crippen molar-refractivity contribution in [2.24, 2.45) is 0 Å². The molecule has 0 fully saturated rings. The average molecular weight is 280 g/mol. The second-order valence-electron chi connectivity index (χ2n) is 4.05. The van der Waals surface area contributed by atoms with Crippen molar-refractivity contribution in [2.45, 2.75) is 25.9 Å². The maximum Gasteiger partial charge on any atom is 0.358 e. The number of aromatic carboxylic acids is 2. The summed E-state index contributed by atoms with van der Waals surface area (Å²) in [6.45, 7) is 1.06. The third-order valence-corrected chi connectivity index (χ3v) is 2.54. The molecule has 0 bridgehead atoms. The predicted octanol–water partition coefficient (Wildman–Crippen LogP) is -0.254. The van der Waals surface area contributed by atoms with Gasteiger partial charge in [-0.15, -0.1) is 10.2 Å². The zero-order valence-electron chi connectivity index (χ0n) is 10.4. The van der Waals surface area contributed by atoms with Crippen LogP contribution in [0.3, 0.4) is 0 Å². The summed E-state index contributed by atoms with van der Waals surface area (Å²) >= 11 is 0. The van der Waals surface area contributed by atoms with E-state index in [0.717, 1.165) is 12.8 Å². The summed E-state index contributed by atoms with van der Waals surface area (Å²) in [7, 11) is 0. The summed E-state index contributed by atoms with van der Waals surface area (Å²) < 4.78 is 2.90. The van der Waals surface area contributed by atoms with Crippen molar-refractivity contribution in [3.8, 4) is 0 Å². The van der Waals surface area contributed by atoms with Crippen LogP contribution in [-0.2, 0) is 13.1 Å². The molecule has 0 unspecified atom stereocenters. The summed E-state index contributed by atoms with van der Waals surface area (Å²) in [5.41, 5.74) is -0.181. The highest BCUT2D eigenvalue weighted by atomic mass is 16.4. The molecule has 10 heteroatoms. The van der Waals surface area contributed by atoms with Gasteiger partial charge in [-0.3, -0.25) is 9.36 Å². The number of hydrogen-bond acceptors (Lipinski definition) is 6. The zero-order chi connectivity index (χ0) is 14.5. The van der Waals surface area contributed by atoms with Gasteiger partial charge >= 0.3 is 11.9 Å². The number of aryl methyl sites for hydroxylation is 2. The SMILES string of the molecule is O=C(O)c1cn(CCCCn2cc(C(=O)O)nn2)nn1. The summed E-state index contributed by atoms with van der Waals surface area (Å²) in [6, 6.07) is 0. The number of aromatic nitrogens is 6. The van der Waals surface area contributed by atoms with E-state index in [1.54, 1.807) is 0 Å². The fourth-order valence-electron chi connectivity index (χ4n) is 1.56. The van der Waals surface area contributed by atoms with E-state index in [-0.39, 0.29) is 11.4 Å². The number of carboxylic acids is 2. The number of rotatable bonds is 7. The van der Waals surface area contributed by atoms with Crippen LogP contribution in [0, 0.1) is 0 Å². The molecule has 0 radical (unpaired) electrons. The van der Waals surface area contributed by atoms with Crippen molar-refractivity contribution < 1.29 is 19.8 Å². The number of nitrogens with zero attached hydrogens (tertiary/aromatic N) is 6. The average Bonchev–Trinajstić information content (AvgIpc) is 3.04. The van der Waals surface area contributed by atoms with E-state index in [1.165, 1.54) is 21.8 Å². The van der Waals surface area contributed by atoms with Crippen molar-refractivity contribution in [3.05, 3.63) is 23.8 Å². The Balaban J connectivity index is 1.75. The van der Waals surface area contributed by atoms with Gasteiger partial charge in [-0.1, -0.05) is 10.4 Å². The van der Waals surface area contributed by atoms with E-state index in [9.17, 15) is 9.59 Å². The van der Waals surface area contributed by atoms with E-state index in [1.807, 2.05) is 0 Å². The van der Waals surface area contributed by atoms with Crippen LogP contribution in [0.1, 0.15) is 33.8 Å². The smallest absolute Gasteiger partial charge is 0.358 e. The molecule has 0 aromatic carbocycles. The highest BCUT2D eigenvalue weighted by Crippen LogP contribution is 2.00. The van der Waals surface area contributed by atoms with E-state index in [0.29, 0.717) is 13.1 Å². The van der Waals surface area contributed by atoms with Crippen LogP contribution < -0.4 is 0 Å². The number of carboxylic acid groups (broad SMARTS) is 2. The minimum absolute atomic E-state index is 0.0904. The van der Waals surface area contributed by atoms with Gasteiger partial charge in [-0.2, -0.15) is 0 Å². The third kappa shape index (κ3) is 3.37. The first-order valence-corrected chi connectivity index (χ1v) is 5.83. The maximum atomic E-state index is 10.6. The van der Waals surface area contributed by atoms with Crippen LogP contribution in [0.4, 0.5) is 0 Å². The molecule has 2 heterocycles. The van der Waals surface area contributed by atoms with Gasteiger partial charge < -0.3 is 10.2 Å². The summed E-state index contributed by atoms with van der Waals surface area (Å²) in [4.78, 5) is 21.2. The number of hydrogen-bond donors (Lipinski definition) is 2. The lowest BCUT2D eigenvalue weighted by Crippen LogP contribution is -2.03.